The second-order valence-electron chi connectivity index (χ2n) is 8.00. The molecule has 1 saturated heterocycles. The number of urea groups is 1. The molecule has 2 aliphatic rings. The van der Waals surface area contributed by atoms with Gasteiger partial charge in [0, 0.05) is 37.8 Å². The van der Waals surface area contributed by atoms with Crippen molar-refractivity contribution in [2.24, 2.45) is 0 Å². The van der Waals surface area contributed by atoms with Crippen LogP contribution in [0.1, 0.15) is 13.3 Å². The fraction of sp³-hybridized carbons (Fsp3) is 0.391. The topological polar surface area (TPSA) is 73.9 Å². The van der Waals surface area contributed by atoms with E-state index >= 15 is 0 Å². The van der Waals surface area contributed by atoms with E-state index in [-0.39, 0.29) is 30.1 Å². The molecule has 7 nitrogen and oxygen atoms in total. The highest BCUT2D eigenvalue weighted by Gasteiger charge is 2.32. The van der Waals surface area contributed by atoms with Crippen LogP contribution in [0.25, 0.3) is 11.1 Å². The number of carbonyl (C=O) groups excluding carboxylic acids is 2. The summed E-state index contributed by atoms with van der Waals surface area (Å²) in [4.78, 5) is 28.8. The van der Waals surface area contributed by atoms with Crippen molar-refractivity contribution in [2.75, 3.05) is 44.6 Å². The van der Waals surface area contributed by atoms with E-state index < -0.39 is 11.6 Å². The van der Waals surface area contributed by atoms with Crippen LogP contribution in [-0.4, -0.2) is 67.1 Å². The van der Waals surface area contributed by atoms with Gasteiger partial charge in [-0.15, -0.1) is 0 Å². The molecule has 2 aliphatic heterocycles. The first-order valence-corrected chi connectivity index (χ1v) is 10.7. The Morgan fingerprint density at radius 1 is 1.22 bits per heavy atom. The smallest absolute Gasteiger partial charge is 0.317 e. The summed E-state index contributed by atoms with van der Waals surface area (Å²) in [6.07, 6.45) is 0.860. The number of hydrogen-bond acceptors (Lipinski definition) is 4. The van der Waals surface area contributed by atoms with Gasteiger partial charge in [-0.2, -0.15) is 0 Å². The maximum absolute atomic E-state index is 14.2. The zero-order chi connectivity index (χ0) is 22.7. The molecule has 2 heterocycles. The van der Waals surface area contributed by atoms with Crippen LogP contribution < -0.4 is 15.4 Å². The zero-order valence-corrected chi connectivity index (χ0v) is 17.9. The quantitative estimate of drug-likeness (QED) is 0.763. The first kappa shape index (κ1) is 22.0. The van der Waals surface area contributed by atoms with E-state index in [0.29, 0.717) is 49.8 Å². The Morgan fingerprint density at radius 2 is 2.06 bits per heavy atom. The summed E-state index contributed by atoms with van der Waals surface area (Å²) >= 11 is 0. The highest BCUT2D eigenvalue weighted by atomic mass is 19.1. The molecule has 4 rings (SSSR count). The summed E-state index contributed by atoms with van der Waals surface area (Å²) < 4.78 is 33.5. The molecule has 0 saturated carbocycles. The highest BCUT2D eigenvalue weighted by Crippen LogP contribution is 2.33. The number of carbonyl (C=O) groups is 2. The monoisotopic (exact) mass is 444 g/mol. The van der Waals surface area contributed by atoms with Crippen LogP contribution >= 0.6 is 0 Å². The molecule has 0 radical (unpaired) electrons. The maximum Gasteiger partial charge on any atom is 0.317 e. The average Bonchev–Trinajstić information content (AvgIpc) is 2.83. The number of hydrogen-bond donors (Lipinski definition) is 2. The molecule has 170 valence electrons. The zero-order valence-electron chi connectivity index (χ0n) is 17.9. The number of halogens is 2. The Labute approximate surface area is 185 Å². The molecular formula is C23H26F2N4O3. The van der Waals surface area contributed by atoms with E-state index in [2.05, 4.69) is 10.6 Å². The van der Waals surface area contributed by atoms with Crippen LogP contribution in [0.4, 0.5) is 19.3 Å². The molecule has 0 bridgehead atoms. The Hall–Kier alpha value is -3.20. The molecule has 3 amide bonds. The summed E-state index contributed by atoms with van der Waals surface area (Å²) in [5.41, 5.74) is 1.16. The van der Waals surface area contributed by atoms with Gasteiger partial charge in [-0.3, -0.25) is 9.69 Å². The van der Waals surface area contributed by atoms with Crippen LogP contribution in [0, 0.1) is 11.6 Å². The summed E-state index contributed by atoms with van der Waals surface area (Å²) in [7, 11) is 0. The Bertz CT molecular complexity index is 1020. The molecule has 1 fully saturated rings. The minimum Gasteiger partial charge on any atom is -0.490 e. The van der Waals surface area contributed by atoms with Crippen molar-refractivity contribution in [3.63, 3.8) is 0 Å². The van der Waals surface area contributed by atoms with Gasteiger partial charge in [0.2, 0.25) is 5.91 Å². The van der Waals surface area contributed by atoms with Gasteiger partial charge >= 0.3 is 6.03 Å². The van der Waals surface area contributed by atoms with E-state index in [9.17, 15) is 18.4 Å². The number of rotatable bonds is 3. The first-order chi connectivity index (χ1) is 15.4. The SMILES string of the molecule is CCCNC(=O)N1CCN2CC(=O)Nc3cc(-c4ccc(F)cc4F)ccc3OC[C@H]2C1. The lowest BCUT2D eigenvalue weighted by molar-refractivity contribution is -0.118. The van der Waals surface area contributed by atoms with E-state index in [1.807, 2.05) is 11.8 Å². The molecule has 0 aliphatic carbocycles. The Balaban J connectivity index is 1.54. The number of nitrogens with one attached hydrogen (secondary N) is 2. The van der Waals surface area contributed by atoms with E-state index in [0.717, 1.165) is 12.5 Å². The average molecular weight is 444 g/mol. The molecule has 9 heteroatoms. The van der Waals surface area contributed by atoms with Gasteiger partial charge in [0.25, 0.3) is 0 Å². The normalized spacial score (nSPS) is 18.9. The lowest BCUT2D eigenvalue weighted by Gasteiger charge is -2.40. The van der Waals surface area contributed by atoms with E-state index in [4.69, 9.17) is 4.74 Å². The van der Waals surface area contributed by atoms with Gasteiger partial charge in [-0.05, 0) is 36.2 Å². The molecule has 0 spiro atoms. The molecule has 0 aromatic heterocycles. The second kappa shape index (κ2) is 9.52. The maximum atomic E-state index is 14.2. The number of benzene rings is 2. The summed E-state index contributed by atoms with van der Waals surface area (Å²) in [6, 6.07) is 8.09. The number of fused-ring (bicyclic) bond motifs is 2. The van der Waals surface area contributed by atoms with Gasteiger partial charge in [-0.25, -0.2) is 13.6 Å². The molecule has 1 atom stereocenters. The van der Waals surface area contributed by atoms with Crippen LogP contribution in [0.3, 0.4) is 0 Å². The number of anilines is 1. The molecular weight excluding hydrogens is 418 g/mol. The molecule has 2 aromatic rings. The number of nitrogens with zero attached hydrogens (tertiary/aromatic N) is 2. The van der Waals surface area contributed by atoms with Gasteiger partial charge < -0.3 is 20.3 Å². The molecule has 2 N–H and O–H groups in total. The van der Waals surface area contributed by atoms with Crippen molar-refractivity contribution in [3.8, 4) is 16.9 Å². The minimum atomic E-state index is -0.682. The van der Waals surface area contributed by atoms with E-state index in [1.165, 1.54) is 12.1 Å². The van der Waals surface area contributed by atoms with Crippen molar-refractivity contribution in [1.29, 1.82) is 0 Å². The summed E-state index contributed by atoms with van der Waals surface area (Å²) in [6.45, 7) is 4.61. The third-order valence-electron chi connectivity index (χ3n) is 5.69. The van der Waals surface area contributed by atoms with Gasteiger partial charge in [0.05, 0.1) is 18.3 Å². The number of ether oxygens (including phenoxy) is 1. The fourth-order valence-corrected chi connectivity index (χ4v) is 3.99. The third kappa shape index (κ3) is 4.83. The third-order valence-corrected chi connectivity index (χ3v) is 5.69. The second-order valence-corrected chi connectivity index (χ2v) is 8.00. The lowest BCUT2D eigenvalue weighted by Crippen LogP contribution is -2.59. The fourth-order valence-electron chi connectivity index (χ4n) is 3.99. The Kier molecular flexibility index (Phi) is 6.55. The lowest BCUT2D eigenvalue weighted by atomic mass is 10.0. The Morgan fingerprint density at radius 3 is 2.84 bits per heavy atom. The predicted octanol–water partition coefficient (Wildman–Crippen LogP) is 3.07. The van der Waals surface area contributed by atoms with Gasteiger partial charge in [0.1, 0.15) is 24.0 Å². The van der Waals surface area contributed by atoms with Crippen molar-refractivity contribution >= 4 is 17.6 Å². The van der Waals surface area contributed by atoms with Crippen LogP contribution in [0.2, 0.25) is 0 Å². The molecule has 0 unspecified atom stereocenters. The molecule has 32 heavy (non-hydrogen) atoms. The standard InChI is InChI=1S/C23H26F2N4O3/c1-2-7-26-23(31)29-9-8-28-13-22(30)27-20-10-15(18-5-4-16(24)11-19(18)25)3-6-21(20)32-14-17(28)12-29/h3-6,10-11,17H,2,7-9,12-14H2,1H3,(H,26,31)(H,27,30)/t17-/m1/s1. The minimum absolute atomic E-state index is 0.109. The predicted molar refractivity (Wildman–Crippen MR) is 117 cm³/mol. The van der Waals surface area contributed by atoms with Crippen LogP contribution in [0.15, 0.2) is 36.4 Å². The highest BCUT2D eigenvalue weighted by molar-refractivity contribution is 5.94. The number of amides is 3. The molecule has 2 aromatic carbocycles. The van der Waals surface area contributed by atoms with Crippen molar-refractivity contribution in [2.45, 2.75) is 19.4 Å². The summed E-state index contributed by atoms with van der Waals surface area (Å²) in [5, 5.41) is 5.73. The van der Waals surface area contributed by atoms with Crippen molar-refractivity contribution in [3.05, 3.63) is 48.0 Å². The number of piperazine rings is 1. The summed E-state index contributed by atoms with van der Waals surface area (Å²) in [5.74, 6) is -1.10. The van der Waals surface area contributed by atoms with Gasteiger partial charge in [0.15, 0.2) is 0 Å². The first-order valence-electron chi connectivity index (χ1n) is 10.7. The largest absolute Gasteiger partial charge is 0.490 e. The van der Waals surface area contributed by atoms with Crippen LogP contribution in [-0.2, 0) is 4.79 Å². The van der Waals surface area contributed by atoms with Crippen LogP contribution in [0.5, 0.6) is 5.75 Å². The van der Waals surface area contributed by atoms with Gasteiger partial charge in [-0.1, -0.05) is 13.0 Å². The van der Waals surface area contributed by atoms with E-state index in [1.54, 1.807) is 23.1 Å². The van der Waals surface area contributed by atoms with Crippen molar-refractivity contribution in [1.82, 2.24) is 15.1 Å². The van der Waals surface area contributed by atoms with Crippen molar-refractivity contribution < 1.29 is 23.1 Å².